The van der Waals surface area contributed by atoms with Crippen molar-refractivity contribution in [1.29, 1.82) is 0 Å². The Bertz CT molecular complexity index is 735. The van der Waals surface area contributed by atoms with Crippen molar-refractivity contribution < 1.29 is 4.74 Å². The summed E-state index contributed by atoms with van der Waals surface area (Å²) in [5.74, 6) is 0.845. The SMILES string of the molecule is CCOCCC1(CNC(=NC)NCc2ccccc2-n2cccn2)CCCC1. The van der Waals surface area contributed by atoms with E-state index in [0.29, 0.717) is 12.0 Å². The molecule has 1 aromatic heterocycles. The molecule has 6 heteroatoms. The van der Waals surface area contributed by atoms with Crippen LogP contribution in [0, 0.1) is 5.41 Å². The molecule has 0 unspecified atom stereocenters. The van der Waals surface area contributed by atoms with Gasteiger partial charge in [0, 0.05) is 45.7 Å². The van der Waals surface area contributed by atoms with Gasteiger partial charge in [-0.05, 0) is 49.3 Å². The second-order valence-corrected chi connectivity index (χ2v) is 7.51. The summed E-state index contributed by atoms with van der Waals surface area (Å²) in [7, 11) is 1.83. The van der Waals surface area contributed by atoms with Gasteiger partial charge in [0.1, 0.15) is 0 Å². The molecule has 1 saturated carbocycles. The predicted molar refractivity (Wildman–Crippen MR) is 114 cm³/mol. The van der Waals surface area contributed by atoms with Gasteiger partial charge in [0.15, 0.2) is 5.96 Å². The van der Waals surface area contributed by atoms with Gasteiger partial charge in [0.2, 0.25) is 0 Å². The molecular weight excluding hydrogens is 350 g/mol. The zero-order chi connectivity index (χ0) is 19.7. The van der Waals surface area contributed by atoms with Crippen LogP contribution < -0.4 is 10.6 Å². The fraction of sp³-hybridized carbons (Fsp3) is 0.545. The van der Waals surface area contributed by atoms with E-state index in [-0.39, 0.29) is 0 Å². The molecule has 0 spiro atoms. The van der Waals surface area contributed by atoms with Crippen LogP contribution in [0.25, 0.3) is 5.69 Å². The van der Waals surface area contributed by atoms with Crippen LogP contribution >= 0.6 is 0 Å². The molecule has 0 amide bonds. The van der Waals surface area contributed by atoms with Crippen LogP contribution in [0.3, 0.4) is 0 Å². The van der Waals surface area contributed by atoms with Crippen LogP contribution in [-0.4, -0.2) is 42.5 Å². The molecule has 0 aliphatic heterocycles. The van der Waals surface area contributed by atoms with E-state index in [1.807, 2.05) is 30.1 Å². The molecule has 3 rings (SSSR count). The van der Waals surface area contributed by atoms with Gasteiger partial charge in [-0.3, -0.25) is 4.99 Å². The summed E-state index contributed by atoms with van der Waals surface area (Å²) < 4.78 is 7.52. The summed E-state index contributed by atoms with van der Waals surface area (Å²) in [6, 6.07) is 10.2. The zero-order valence-corrected chi connectivity index (χ0v) is 17.2. The molecule has 0 bridgehead atoms. The highest BCUT2D eigenvalue weighted by molar-refractivity contribution is 5.79. The number of guanidine groups is 1. The van der Waals surface area contributed by atoms with Crippen molar-refractivity contribution in [3.8, 4) is 5.69 Å². The van der Waals surface area contributed by atoms with Gasteiger partial charge in [-0.2, -0.15) is 5.10 Å². The third kappa shape index (κ3) is 5.35. The number of nitrogens with one attached hydrogen (secondary N) is 2. The summed E-state index contributed by atoms with van der Waals surface area (Å²) in [4.78, 5) is 4.42. The number of nitrogens with zero attached hydrogens (tertiary/aromatic N) is 3. The minimum absolute atomic E-state index is 0.333. The van der Waals surface area contributed by atoms with Crippen LogP contribution in [0.5, 0.6) is 0 Å². The lowest BCUT2D eigenvalue weighted by molar-refractivity contribution is 0.105. The van der Waals surface area contributed by atoms with E-state index in [1.54, 1.807) is 6.20 Å². The lowest BCUT2D eigenvalue weighted by Crippen LogP contribution is -2.43. The maximum absolute atomic E-state index is 5.63. The van der Waals surface area contributed by atoms with Gasteiger partial charge in [0.25, 0.3) is 0 Å². The fourth-order valence-corrected chi connectivity index (χ4v) is 4.04. The first kappa shape index (κ1) is 20.4. The number of aliphatic imine (C=N–C) groups is 1. The number of hydrogen-bond donors (Lipinski definition) is 2. The van der Waals surface area contributed by atoms with Crippen LogP contribution in [0.1, 0.15) is 44.6 Å². The molecule has 1 aliphatic rings. The van der Waals surface area contributed by atoms with Gasteiger partial charge >= 0.3 is 0 Å². The second-order valence-electron chi connectivity index (χ2n) is 7.51. The van der Waals surface area contributed by atoms with Gasteiger partial charge in [-0.1, -0.05) is 31.0 Å². The van der Waals surface area contributed by atoms with Gasteiger partial charge in [-0.15, -0.1) is 0 Å². The second kappa shape index (κ2) is 10.3. The Morgan fingerprint density at radius 3 is 2.75 bits per heavy atom. The quantitative estimate of drug-likeness (QED) is 0.395. The van der Waals surface area contributed by atoms with Crippen molar-refractivity contribution in [3.05, 3.63) is 48.3 Å². The summed E-state index contributed by atoms with van der Waals surface area (Å²) in [6.07, 6.45) is 10.1. The third-order valence-electron chi connectivity index (χ3n) is 5.69. The average molecular weight is 384 g/mol. The highest BCUT2D eigenvalue weighted by Gasteiger charge is 2.33. The van der Waals surface area contributed by atoms with E-state index >= 15 is 0 Å². The monoisotopic (exact) mass is 383 g/mol. The van der Waals surface area contributed by atoms with Gasteiger partial charge < -0.3 is 15.4 Å². The van der Waals surface area contributed by atoms with E-state index in [4.69, 9.17) is 4.74 Å². The highest BCUT2D eigenvalue weighted by atomic mass is 16.5. The van der Waals surface area contributed by atoms with E-state index in [9.17, 15) is 0 Å². The molecule has 2 N–H and O–H groups in total. The summed E-state index contributed by atoms with van der Waals surface area (Å²) >= 11 is 0. The minimum Gasteiger partial charge on any atom is -0.382 e. The van der Waals surface area contributed by atoms with Crippen LogP contribution in [0.2, 0.25) is 0 Å². The average Bonchev–Trinajstić information content (AvgIpc) is 3.41. The largest absolute Gasteiger partial charge is 0.382 e. The number of rotatable bonds is 9. The number of ether oxygens (including phenoxy) is 1. The van der Waals surface area contributed by atoms with Crippen molar-refractivity contribution >= 4 is 5.96 Å². The lowest BCUT2D eigenvalue weighted by atomic mass is 9.83. The molecule has 2 aromatic rings. The van der Waals surface area contributed by atoms with Crippen LogP contribution in [0.15, 0.2) is 47.7 Å². The first-order chi connectivity index (χ1) is 13.8. The standard InChI is InChI=1S/C22H33N5O/c1-3-28-16-13-22(11-6-7-12-22)18-25-21(23-2)24-17-19-9-4-5-10-20(19)27-15-8-14-26-27/h4-5,8-10,14-15H,3,6-7,11-13,16-18H2,1-2H3,(H2,23,24,25). The topological polar surface area (TPSA) is 63.5 Å². The molecule has 1 aliphatic carbocycles. The zero-order valence-electron chi connectivity index (χ0n) is 17.2. The predicted octanol–water partition coefficient (Wildman–Crippen LogP) is 3.52. The van der Waals surface area contributed by atoms with Crippen molar-refractivity contribution in [2.24, 2.45) is 10.4 Å². The van der Waals surface area contributed by atoms with Crippen LogP contribution in [-0.2, 0) is 11.3 Å². The van der Waals surface area contributed by atoms with Gasteiger partial charge in [-0.25, -0.2) is 4.68 Å². The van der Waals surface area contributed by atoms with Crippen molar-refractivity contribution in [3.63, 3.8) is 0 Å². The van der Waals surface area contributed by atoms with Gasteiger partial charge in [0.05, 0.1) is 5.69 Å². The molecular formula is C22H33N5O. The molecule has 1 heterocycles. The Morgan fingerprint density at radius 1 is 1.21 bits per heavy atom. The summed E-state index contributed by atoms with van der Waals surface area (Å²) in [6.45, 7) is 5.35. The molecule has 0 saturated heterocycles. The first-order valence-electron chi connectivity index (χ1n) is 10.4. The molecule has 152 valence electrons. The van der Waals surface area contributed by atoms with E-state index < -0.39 is 0 Å². The number of benzene rings is 1. The number of aromatic nitrogens is 2. The first-order valence-corrected chi connectivity index (χ1v) is 10.4. The highest BCUT2D eigenvalue weighted by Crippen LogP contribution is 2.40. The normalized spacial score (nSPS) is 16.3. The van der Waals surface area contributed by atoms with Crippen molar-refractivity contribution in [2.45, 2.75) is 45.6 Å². The lowest BCUT2D eigenvalue weighted by Gasteiger charge is -2.30. The van der Waals surface area contributed by atoms with E-state index in [1.165, 1.54) is 31.2 Å². The molecule has 1 aromatic carbocycles. The summed E-state index contributed by atoms with van der Waals surface area (Å²) in [5.41, 5.74) is 2.60. The van der Waals surface area contributed by atoms with E-state index in [0.717, 1.165) is 37.8 Å². The minimum atomic E-state index is 0.333. The molecule has 0 radical (unpaired) electrons. The summed E-state index contributed by atoms with van der Waals surface area (Å²) in [5, 5.41) is 11.4. The van der Waals surface area contributed by atoms with Crippen LogP contribution in [0.4, 0.5) is 0 Å². The maximum atomic E-state index is 5.63. The maximum Gasteiger partial charge on any atom is 0.191 e. The Balaban J connectivity index is 1.57. The van der Waals surface area contributed by atoms with Crippen molar-refractivity contribution in [1.82, 2.24) is 20.4 Å². The Hall–Kier alpha value is -2.34. The van der Waals surface area contributed by atoms with Crippen molar-refractivity contribution in [2.75, 3.05) is 26.8 Å². The molecule has 0 atom stereocenters. The number of para-hydroxylation sites is 1. The number of hydrogen-bond acceptors (Lipinski definition) is 3. The molecule has 1 fully saturated rings. The van der Waals surface area contributed by atoms with E-state index in [2.05, 4.69) is 45.8 Å². The Labute approximate surface area is 168 Å². The third-order valence-corrected chi connectivity index (χ3v) is 5.69. The molecule has 28 heavy (non-hydrogen) atoms. The Kier molecular flexibility index (Phi) is 7.48. The fourth-order valence-electron chi connectivity index (χ4n) is 4.04. The smallest absolute Gasteiger partial charge is 0.191 e. The Morgan fingerprint density at radius 2 is 2.04 bits per heavy atom. The molecule has 6 nitrogen and oxygen atoms in total.